The van der Waals surface area contributed by atoms with Crippen LogP contribution in [-0.2, 0) is 4.74 Å². The van der Waals surface area contributed by atoms with Crippen molar-refractivity contribution in [2.75, 3.05) is 38.2 Å². The lowest BCUT2D eigenvalue weighted by atomic mass is 10.2. The lowest BCUT2D eigenvalue weighted by Crippen LogP contribution is -2.49. The maximum atomic E-state index is 11.5. The molecule has 0 unspecified atom stereocenters. The van der Waals surface area contributed by atoms with Crippen molar-refractivity contribution >= 4 is 22.4 Å². The first kappa shape index (κ1) is 13.8. The fourth-order valence-corrected chi connectivity index (χ4v) is 4.04. The molecule has 6 heteroatoms. The fraction of sp³-hybridized carbons (Fsp3) is 0.714. The van der Waals surface area contributed by atoms with Gasteiger partial charge in [0, 0.05) is 32.2 Å². The van der Waals surface area contributed by atoms with Crippen molar-refractivity contribution in [1.29, 1.82) is 0 Å². The highest BCUT2D eigenvalue weighted by Gasteiger charge is 2.27. The number of rotatable bonds is 3. The first-order chi connectivity index (χ1) is 9.78. The third kappa shape index (κ3) is 2.81. The molecule has 3 rings (SSSR count). The Morgan fingerprint density at radius 2 is 2.00 bits per heavy atom. The predicted molar refractivity (Wildman–Crippen MR) is 79.5 cm³/mol. The van der Waals surface area contributed by atoms with E-state index < -0.39 is 0 Å². The molecule has 20 heavy (non-hydrogen) atoms. The largest absolute Gasteiger partial charge is 0.465 e. The van der Waals surface area contributed by atoms with Crippen LogP contribution in [0.4, 0.5) is 5.13 Å². The monoisotopic (exact) mass is 295 g/mol. The number of piperazine rings is 1. The van der Waals surface area contributed by atoms with Gasteiger partial charge in [0.25, 0.3) is 0 Å². The fourth-order valence-electron chi connectivity index (χ4n) is 3.15. The quantitative estimate of drug-likeness (QED) is 0.798. The highest BCUT2D eigenvalue weighted by atomic mass is 32.1. The Hall–Kier alpha value is -1.14. The number of carbonyl (C=O) groups excluding carboxylic acids is 1. The molecule has 0 atom stereocenters. The van der Waals surface area contributed by atoms with Gasteiger partial charge in [-0.3, -0.25) is 4.90 Å². The van der Waals surface area contributed by atoms with E-state index in [2.05, 4.69) is 14.8 Å². The van der Waals surface area contributed by atoms with E-state index in [1.165, 1.54) is 44.1 Å². The summed E-state index contributed by atoms with van der Waals surface area (Å²) in [5, 5.41) is 0.941. The number of ether oxygens (including phenoxy) is 1. The molecular weight excluding hydrogens is 274 g/mol. The van der Waals surface area contributed by atoms with Gasteiger partial charge in [-0.2, -0.15) is 0 Å². The van der Waals surface area contributed by atoms with Crippen LogP contribution in [0.5, 0.6) is 0 Å². The van der Waals surface area contributed by atoms with Crippen LogP contribution in [0, 0.1) is 0 Å². The maximum absolute atomic E-state index is 11.5. The molecule has 5 nitrogen and oxygen atoms in total. The number of methoxy groups -OCH3 is 1. The minimum absolute atomic E-state index is 0.293. The van der Waals surface area contributed by atoms with E-state index in [-0.39, 0.29) is 5.97 Å². The van der Waals surface area contributed by atoms with Crippen LogP contribution in [0.25, 0.3) is 0 Å². The third-order valence-electron chi connectivity index (χ3n) is 4.31. The molecule has 110 valence electrons. The zero-order valence-corrected chi connectivity index (χ0v) is 12.7. The van der Waals surface area contributed by atoms with Crippen LogP contribution >= 0.6 is 11.3 Å². The molecule has 0 aromatic carbocycles. The van der Waals surface area contributed by atoms with Crippen molar-refractivity contribution in [2.45, 2.75) is 31.7 Å². The number of esters is 1. The van der Waals surface area contributed by atoms with Crippen molar-refractivity contribution in [3.63, 3.8) is 0 Å². The molecule has 1 aromatic heterocycles. The standard InChI is InChI=1S/C14H21N3O2S/c1-19-13(18)12-10-15-14(20-12)17-8-6-16(7-9-17)11-4-2-3-5-11/h10-11H,2-9H2,1H3. The van der Waals surface area contributed by atoms with E-state index in [4.69, 9.17) is 4.74 Å². The Bertz CT molecular complexity index is 463. The van der Waals surface area contributed by atoms with Crippen LogP contribution in [0.1, 0.15) is 35.4 Å². The van der Waals surface area contributed by atoms with E-state index in [1.807, 2.05) is 0 Å². The lowest BCUT2D eigenvalue weighted by Gasteiger charge is -2.37. The number of thiazole rings is 1. The maximum Gasteiger partial charge on any atom is 0.349 e. The summed E-state index contributed by atoms with van der Waals surface area (Å²) in [6.07, 6.45) is 7.13. The van der Waals surface area contributed by atoms with Crippen LogP contribution in [0.15, 0.2) is 6.20 Å². The van der Waals surface area contributed by atoms with Crippen molar-refractivity contribution in [3.05, 3.63) is 11.1 Å². The number of hydrogen-bond donors (Lipinski definition) is 0. The number of nitrogens with zero attached hydrogens (tertiary/aromatic N) is 3. The highest BCUT2D eigenvalue weighted by Crippen LogP contribution is 2.27. The molecule has 1 saturated carbocycles. The average Bonchev–Trinajstić information content (AvgIpc) is 3.18. The van der Waals surface area contributed by atoms with Crippen LogP contribution in [-0.4, -0.2) is 55.2 Å². The third-order valence-corrected chi connectivity index (χ3v) is 5.34. The molecule has 2 heterocycles. The molecule has 0 spiro atoms. The normalized spacial score (nSPS) is 21.4. The minimum atomic E-state index is -0.293. The average molecular weight is 295 g/mol. The second kappa shape index (κ2) is 6.10. The Kier molecular flexibility index (Phi) is 4.21. The number of hydrogen-bond acceptors (Lipinski definition) is 6. The van der Waals surface area contributed by atoms with Crippen molar-refractivity contribution in [2.24, 2.45) is 0 Å². The van der Waals surface area contributed by atoms with Gasteiger partial charge in [-0.25, -0.2) is 9.78 Å². The van der Waals surface area contributed by atoms with Crippen LogP contribution < -0.4 is 4.90 Å². The molecule has 1 aromatic rings. The predicted octanol–water partition coefficient (Wildman–Crippen LogP) is 1.99. The summed E-state index contributed by atoms with van der Waals surface area (Å²) >= 11 is 1.43. The van der Waals surface area contributed by atoms with Crippen LogP contribution in [0.2, 0.25) is 0 Å². The molecule has 2 fully saturated rings. The van der Waals surface area contributed by atoms with E-state index in [0.717, 1.165) is 37.4 Å². The summed E-state index contributed by atoms with van der Waals surface area (Å²) in [6.45, 7) is 4.23. The molecule has 0 bridgehead atoms. The molecule has 0 radical (unpaired) electrons. The Morgan fingerprint density at radius 1 is 1.30 bits per heavy atom. The number of aromatic nitrogens is 1. The number of carbonyl (C=O) groups is 1. The van der Waals surface area contributed by atoms with E-state index in [1.54, 1.807) is 6.20 Å². The highest BCUT2D eigenvalue weighted by molar-refractivity contribution is 7.17. The molecule has 1 saturated heterocycles. The van der Waals surface area contributed by atoms with Gasteiger partial charge in [0.1, 0.15) is 4.88 Å². The van der Waals surface area contributed by atoms with Gasteiger partial charge in [-0.1, -0.05) is 24.2 Å². The van der Waals surface area contributed by atoms with Gasteiger partial charge >= 0.3 is 5.97 Å². The van der Waals surface area contributed by atoms with E-state index in [0.29, 0.717) is 4.88 Å². The van der Waals surface area contributed by atoms with Gasteiger partial charge in [0.2, 0.25) is 0 Å². The van der Waals surface area contributed by atoms with E-state index in [9.17, 15) is 4.79 Å². The minimum Gasteiger partial charge on any atom is -0.465 e. The van der Waals surface area contributed by atoms with Crippen molar-refractivity contribution < 1.29 is 9.53 Å². The zero-order chi connectivity index (χ0) is 13.9. The first-order valence-electron chi connectivity index (χ1n) is 7.31. The smallest absolute Gasteiger partial charge is 0.349 e. The summed E-state index contributed by atoms with van der Waals surface area (Å²) in [6, 6.07) is 0.805. The van der Waals surface area contributed by atoms with Gasteiger partial charge < -0.3 is 9.64 Å². The molecule has 1 aliphatic heterocycles. The molecule has 2 aliphatic rings. The molecule has 1 aliphatic carbocycles. The Labute approximate surface area is 123 Å². The second-order valence-corrected chi connectivity index (χ2v) is 6.47. The zero-order valence-electron chi connectivity index (χ0n) is 11.9. The topological polar surface area (TPSA) is 45.7 Å². The van der Waals surface area contributed by atoms with Gasteiger partial charge in [0.05, 0.1) is 13.3 Å². The summed E-state index contributed by atoms with van der Waals surface area (Å²) < 4.78 is 4.73. The SMILES string of the molecule is COC(=O)c1cnc(N2CCN(C3CCCC3)CC2)s1. The second-order valence-electron chi connectivity index (χ2n) is 5.46. The van der Waals surface area contributed by atoms with Gasteiger partial charge in [-0.05, 0) is 12.8 Å². The van der Waals surface area contributed by atoms with Crippen molar-refractivity contribution in [1.82, 2.24) is 9.88 Å². The van der Waals surface area contributed by atoms with E-state index >= 15 is 0 Å². The molecule has 0 amide bonds. The number of anilines is 1. The summed E-state index contributed by atoms with van der Waals surface area (Å²) in [7, 11) is 1.40. The van der Waals surface area contributed by atoms with Crippen molar-refractivity contribution in [3.8, 4) is 0 Å². The first-order valence-corrected chi connectivity index (χ1v) is 8.12. The van der Waals surface area contributed by atoms with Crippen LogP contribution in [0.3, 0.4) is 0 Å². The lowest BCUT2D eigenvalue weighted by molar-refractivity contribution is 0.0606. The summed E-state index contributed by atoms with van der Waals surface area (Å²) in [5.74, 6) is -0.293. The molecule has 0 N–H and O–H groups in total. The van der Waals surface area contributed by atoms with Gasteiger partial charge in [-0.15, -0.1) is 0 Å². The van der Waals surface area contributed by atoms with Gasteiger partial charge in [0.15, 0.2) is 5.13 Å². The summed E-state index contributed by atoms with van der Waals surface area (Å²) in [4.78, 5) is 21.3. The molecular formula is C14H21N3O2S. The summed E-state index contributed by atoms with van der Waals surface area (Å²) in [5.41, 5.74) is 0. The Balaban J connectivity index is 1.57. The Morgan fingerprint density at radius 3 is 2.65 bits per heavy atom.